The van der Waals surface area contributed by atoms with Gasteiger partial charge in [0.2, 0.25) is 6.29 Å². The van der Waals surface area contributed by atoms with Crippen molar-refractivity contribution in [3.8, 4) is 0 Å². The van der Waals surface area contributed by atoms with Crippen LogP contribution in [-0.2, 0) is 19.4 Å². The standard InChI is InChI=1S/C14H27O5S/c1-14(2,13-15)11-9-7-5-3-4-6-8-10-12-19-20(16,17)18/h3-12H2,1-2H3,(H,16,17,18). The van der Waals surface area contributed by atoms with Crippen molar-refractivity contribution in [2.75, 3.05) is 6.61 Å². The van der Waals surface area contributed by atoms with Gasteiger partial charge in [0.05, 0.1) is 6.61 Å². The van der Waals surface area contributed by atoms with Gasteiger partial charge in [-0.05, 0) is 12.8 Å². The minimum absolute atomic E-state index is 0.0517. The highest BCUT2D eigenvalue weighted by molar-refractivity contribution is 7.80. The molecule has 0 amide bonds. The van der Waals surface area contributed by atoms with E-state index in [4.69, 9.17) is 4.55 Å². The summed E-state index contributed by atoms with van der Waals surface area (Å²) in [6.07, 6.45) is 11.2. The average molecular weight is 307 g/mol. The van der Waals surface area contributed by atoms with Gasteiger partial charge in [-0.1, -0.05) is 58.8 Å². The molecule has 1 N–H and O–H groups in total. The predicted molar refractivity (Wildman–Crippen MR) is 78.5 cm³/mol. The highest BCUT2D eigenvalue weighted by Crippen LogP contribution is 2.21. The van der Waals surface area contributed by atoms with Gasteiger partial charge >= 0.3 is 10.4 Å². The third-order valence-corrected chi connectivity index (χ3v) is 3.67. The first-order valence-corrected chi connectivity index (χ1v) is 8.64. The Kier molecular flexibility index (Phi) is 10.1. The molecule has 0 aliphatic rings. The molecule has 0 rings (SSSR count). The molecule has 0 aromatic carbocycles. The van der Waals surface area contributed by atoms with Crippen LogP contribution in [0, 0.1) is 5.41 Å². The van der Waals surface area contributed by atoms with E-state index in [0.717, 1.165) is 51.4 Å². The Morgan fingerprint density at radius 2 is 1.40 bits per heavy atom. The molecule has 0 heterocycles. The molecule has 0 aromatic rings. The number of carbonyl (C=O) groups excluding carboxylic acids is 1. The summed E-state index contributed by atoms with van der Waals surface area (Å²) in [7, 11) is -4.27. The zero-order valence-electron chi connectivity index (χ0n) is 12.6. The van der Waals surface area contributed by atoms with Crippen molar-refractivity contribution < 1.29 is 21.9 Å². The molecule has 119 valence electrons. The van der Waals surface area contributed by atoms with Crippen LogP contribution in [0.4, 0.5) is 0 Å². The molecular formula is C14H27O5S. The second-order valence-corrected chi connectivity index (χ2v) is 6.91. The van der Waals surface area contributed by atoms with Crippen molar-refractivity contribution in [2.24, 2.45) is 5.41 Å². The lowest BCUT2D eigenvalue weighted by atomic mass is 9.88. The summed E-state index contributed by atoms with van der Waals surface area (Å²) in [4.78, 5) is 10.6. The molecule has 1 radical (unpaired) electrons. The van der Waals surface area contributed by atoms with E-state index < -0.39 is 10.4 Å². The zero-order valence-corrected chi connectivity index (χ0v) is 13.4. The Morgan fingerprint density at radius 3 is 1.85 bits per heavy atom. The van der Waals surface area contributed by atoms with Crippen molar-refractivity contribution in [3.63, 3.8) is 0 Å². The van der Waals surface area contributed by atoms with Gasteiger partial charge in [-0.3, -0.25) is 9.35 Å². The van der Waals surface area contributed by atoms with Gasteiger partial charge in [0.1, 0.15) is 0 Å². The summed E-state index contributed by atoms with van der Waals surface area (Å²) >= 11 is 0. The van der Waals surface area contributed by atoms with Gasteiger partial charge in [0.25, 0.3) is 0 Å². The SMILES string of the molecule is CC(C)([C]=O)CCCCCCCCCCOS(=O)(=O)O. The maximum Gasteiger partial charge on any atom is 0.397 e. The summed E-state index contributed by atoms with van der Waals surface area (Å²) in [5.74, 6) is 0. The van der Waals surface area contributed by atoms with Crippen LogP contribution in [0.25, 0.3) is 0 Å². The first-order valence-electron chi connectivity index (χ1n) is 7.28. The molecule has 0 atom stereocenters. The first kappa shape index (κ1) is 19.5. The molecule has 0 unspecified atom stereocenters. The molecule has 0 aliphatic carbocycles. The summed E-state index contributed by atoms with van der Waals surface area (Å²) in [6, 6.07) is 0. The topological polar surface area (TPSA) is 80.7 Å². The van der Waals surface area contributed by atoms with Gasteiger partial charge < -0.3 is 0 Å². The number of hydrogen-bond acceptors (Lipinski definition) is 4. The molecule has 0 saturated carbocycles. The summed E-state index contributed by atoms with van der Waals surface area (Å²) in [5, 5.41) is 0. The quantitative estimate of drug-likeness (QED) is 0.416. The fraction of sp³-hybridized carbons (Fsp3) is 0.929. The maximum absolute atomic E-state index is 10.6. The molecule has 0 saturated heterocycles. The Morgan fingerprint density at radius 1 is 0.950 bits per heavy atom. The molecule has 5 nitrogen and oxygen atoms in total. The van der Waals surface area contributed by atoms with E-state index in [2.05, 4.69) is 10.5 Å². The van der Waals surface area contributed by atoms with Crippen LogP contribution in [0.1, 0.15) is 71.6 Å². The predicted octanol–water partition coefficient (Wildman–Crippen LogP) is 3.45. The van der Waals surface area contributed by atoms with E-state index in [-0.39, 0.29) is 12.0 Å². The highest BCUT2D eigenvalue weighted by Gasteiger charge is 2.16. The van der Waals surface area contributed by atoms with Crippen LogP contribution in [-0.4, -0.2) is 25.9 Å². The molecule has 20 heavy (non-hydrogen) atoms. The lowest BCUT2D eigenvalue weighted by Gasteiger charge is -2.14. The average Bonchev–Trinajstić information content (AvgIpc) is 2.34. The van der Waals surface area contributed by atoms with Crippen molar-refractivity contribution in [1.82, 2.24) is 0 Å². The van der Waals surface area contributed by atoms with Gasteiger partial charge in [-0.15, -0.1) is 0 Å². The van der Waals surface area contributed by atoms with Gasteiger partial charge in [0, 0.05) is 5.41 Å². The lowest BCUT2D eigenvalue weighted by molar-refractivity contribution is 0.261. The monoisotopic (exact) mass is 307 g/mol. The third-order valence-electron chi connectivity index (χ3n) is 3.20. The number of unbranched alkanes of at least 4 members (excludes halogenated alkanes) is 7. The normalized spacial score (nSPS) is 12.6. The van der Waals surface area contributed by atoms with Crippen LogP contribution < -0.4 is 0 Å². The smallest absolute Gasteiger partial charge is 0.290 e. The van der Waals surface area contributed by atoms with Crippen LogP contribution in [0.2, 0.25) is 0 Å². The summed E-state index contributed by atoms with van der Waals surface area (Å²) < 4.78 is 33.1. The molecule has 0 fully saturated rings. The Labute approximate surface area is 123 Å². The van der Waals surface area contributed by atoms with Crippen molar-refractivity contribution in [2.45, 2.75) is 71.6 Å². The fourth-order valence-corrected chi connectivity index (χ4v) is 2.27. The summed E-state index contributed by atoms with van der Waals surface area (Å²) in [5.41, 5.74) is -0.312. The van der Waals surface area contributed by atoms with E-state index in [9.17, 15) is 13.2 Å². The Balaban J connectivity index is 3.24. The van der Waals surface area contributed by atoms with Crippen LogP contribution in [0.15, 0.2) is 0 Å². The van der Waals surface area contributed by atoms with E-state index in [1.807, 2.05) is 13.8 Å². The lowest BCUT2D eigenvalue weighted by Crippen LogP contribution is -2.12. The Bertz CT molecular complexity index is 349. The van der Waals surface area contributed by atoms with Gasteiger partial charge in [0.15, 0.2) is 0 Å². The number of rotatable bonds is 13. The van der Waals surface area contributed by atoms with Crippen molar-refractivity contribution in [3.05, 3.63) is 0 Å². The zero-order chi connectivity index (χ0) is 15.5. The minimum Gasteiger partial charge on any atom is -0.290 e. The van der Waals surface area contributed by atoms with Crippen LogP contribution >= 0.6 is 0 Å². The minimum atomic E-state index is -4.27. The molecule has 0 aliphatic heterocycles. The van der Waals surface area contributed by atoms with Crippen molar-refractivity contribution >= 4 is 16.7 Å². The number of hydrogen-bond donors (Lipinski definition) is 1. The van der Waals surface area contributed by atoms with E-state index >= 15 is 0 Å². The summed E-state index contributed by atoms with van der Waals surface area (Å²) in [6.45, 7) is 3.87. The van der Waals surface area contributed by atoms with E-state index in [1.54, 1.807) is 0 Å². The fourth-order valence-electron chi connectivity index (χ4n) is 1.94. The molecular weight excluding hydrogens is 280 g/mol. The van der Waals surface area contributed by atoms with Crippen LogP contribution in [0.3, 0.4) is 0 Å². The van der Waals surface area contributed by atoms with Crippen molar-refractivity contribution in [1.29, 1.82) is 0 Å². The second kappa shape index (κ2) is 10.3. The third kappa shape index (κ3) is 14.0. The Hall–Kier alpha value is -0.460. The first-order chi connectivity index (χ1) is 9.27. The molecule has 6 heteroatoms. The highest BCUT2D eigenvalue weighted by atomic mass is 32.3. The maximum atomic E-state index is 10.6. The molecule has 0 bridgehead atoms. The largest absolute Gasteiger partial charge is 0.397 e. The van der Waals surface area contributed by atoms with Gasteiger partial charge in [-0.2, -0.15) is 8.42 Å². The van der Waals surface area contributed by atoms with Crippen LogP contribution in [0.5, 0.6) is 0 Å². The van der Waals surface area contributed by atoms with E-state index in [0.29, 0.717) is 6.42 Å². The van der Waals surface area contributed by atoms with Gasteiger partial charge in [-0.25, -0.2) is 4.18 Å². The second-order valence-electron chi connectivity index (χ2n) is 5.81. The molecule has 0 aromatic heterocycles. The van der Waals surface area contributed by atoms with E-state index in [1.165, 1.54) is 0 Å². The molecule has 0 spiro atoms.